The minimum Gasteiger partial charge on any atom is -0.253 e. The van der Waals surface area contributed by atoms with Crippen LogP contribution in [0, 0.1) is 6.20 Å². The van der Waals surface area contributed by atoms with Crippen molar-refractivity contribution in [3.8, 4) is 0 Å². The number of aromatic nitrogens is 1. The van der Waals surface area contributed by atoms with Crippen LogP contribution in [-0.2, 0) is 0 Å². The van der Waals surface area contributed by atoms with E-state index in [1.165, 1.54) is 0 Å². The first-order valence-electron chi connectivity index (χ1n) is 2.89. The van der Waals surface area contributed by atoms with Crippen LogP contribution >= 0.6 is 11.8 Å². The molecule has 1 rings (SSSR count). The fourth-order valence-corrected chi connectivity index (χ4v) is 1.15. The smallest absolute Gasteiger partial charge is 0.103 e. The number of nitrogens with zero attached hydrogens (tertiary/aromatic N) is 1. The third kappa shape index (κ3) is 2.06. The van der Waals surface area contributed by atoms with E-state index in [1.54, 1.807) is 18.0 Å². The van der Waals surface area contributed by atoms with E-state index in [4.69, 9.17) is 0 Å². The molecule has 0 fully saturated rings. The van der Waals surface area contributed by atoms with Gasteiger partial charge in [0.25, 0.3) is 0 Å². The molecule has 0 aliphatic heterocycles. The highest BCUT2D eigenvalue weighted by molar-refractivity contribution is 7.99. The Labute approximate surface area is 59.5 Å². The normalized spacial score (nSPS) is 9.44. The van der Waals surface area contributed by atoms with Gasteiger partial charge in [-0.3, -0.25) is 4.98 Å². The minimum atomic E-state index is 1.09. The lowest BCUT2D eigenvalue weighted by molar-refractivity contribution is 1.22. The van der Waals surface area contributed by atoms with Crippen LogP contribution in [0.1, 0.15) is 6.92 Å². The maximum Gasteiger partial charge on any atom is 0.103 e. The molecule has 1 heterocycles. The summed E-state index contributed by atoms with van der Waals surface area (Å²) in [6.45, 7) is 2.12. The molecule has 0 saturated carbocycles. The maximum absolute atomic E-state index is 3.86. The topological polar surface area (TPSA) is 12.9 Å². The Morgan fingerprint density at radius 1 is 1.78 bits per heavy atom. The molecule has 47 valence electrons. The summed E-state index contributed by atoms with van der Waals surface area (Å²) in [5.41, 5.74) is 0. The Kier molecular flexibility index (Phi) is 2.58. The van der Waals surface area contributed by atoms with Gasteiger partial charge in [0.1, 0.15) is 6.20 Å². The predicted octanol–water partition coefficient (Wildman–Crippen LogP) is 1.99. The van der Waals surface area contributed by atoms with Crippen LogP contribution in [0.5, 0.6) is 0 Å². The van der Waals surface area contributed by atoms with Gasteiger partial charge in [-0.15, -0.1) is 11.8 Å². The van der Waals surface area contributed by atoms with E-state index in [0.717, 1.165) is 10.6 Å². The van der Waals surface area contributed by atoms with E-state index >= 15 is 0 Å². The SMILES string of the molecule is CCSc1[c]nccc1. The Hall–Kier alpha value is -0.500. The Morgan fingerprint density at radius 2 is 2.67 bits per heavy atom. The molecule has 0 aliphatic rings. The second-order valence-corrected chi connectivity index (χ2v) is 2.85. The van der Waals surface area contributed by atoms with E-state index in [2.05, 4.69) is 18.1 Å². The summed E-state index contributed by atoms with van der Waals surface area (Å²) < 4.78 is 0. The van der Waals surface area contributed by atoms with Crippen LogP contribution in [0.3, 0.4) is 0 Å². The van der Waals surface area contributed by atoms with Crippen molar-refractivity contribution in [3.05, 3.63) is 24.5 Å². The number of pyridine rings is 1. The Bertz CT molecular complexity index is 162. The molecule has 0 aliphatic carbocycles. The molecule has 1 radical (unpaired) electrons. The second-order valence-electron chi connectivity index (χ2n) is 1.55. The molecule has 0 saturated heterocycles. The van der Waals surface area contributed by atoms with E-state index in [-0.39, 0.29) is 0 Å². The van der Waals surface area contributed by atoms with Gasteiger partial charge in [0.2, 0.25) is 0 Å². The molecule has 0 N–H and O–H groups in total. The van der Waals surface area contributed by atoms with Crippen molar-refractivity contribution in [3.63, 3.8) is 0 Å². The molecular formula is C7H8NS. The Balaban J connectivity index is 2.61. The first kappa shape index (κ1) is 6.62. The zero-order valence-corrected chi connectivity index (χ0v) is 6.11. The first-order chi connectivity index (χ1) is 4.43. The molecule has 1 aromatic heterocycles. The number of hydrogen-bond donors (Lipinski definition) is 0. The molecule has 9 heavy (non-hydrogen) atoms. The van der Waals surface area contributed by atoms with Crippen molar-refractivity contribution in [1.29, 1.82) is 0 Å². The highest BCUT2D eigenvalue weighted by Gasteiger charge is 1.87. The standard InChI is InChI=1S/C7H8NS/c1-2-9-7-4-3-5-8-6-7/h3-5H,2H2,1H3. The van der Waals surface area contributed by atoms with Crippen LogP contribution in [0.15, 0.2) is 23.2 Å². The average molecular weight is 138 g/mol. The highest BCUT2D eigenvalue weighted by Crippen LogP contribution is 2.13. The van der Waals surface area contributed by atoms with Gasteiger partial charge in [-0.2, -0.15) is 0 Å². The third-order valence-corrected chi connectivity index (χ3v) is 1.71. The van der Waals surface area contributed by atoms with E-state index in [1.807, 2.05) is 12.1 Å². The molecule has 0 amide bonds. The zero-order valence-electron chi connectivity index (χ0n) is 5.29. The predicted molar refractivity (Wildman–Crippen MR) is 39.5 cm³/mol. The van der Waals surface area contributed by atoms with Crippen LogP contribution in [-0.4, -0.2) is 10.7 Å². The van der Waals surface area contributed by atoms with Crippen LogP contribution < -0.4 is 0 Å². The van der Waals surface area contributed by atoms with Crippen LogP contribution in [0.2, 0.25) is 0 Å². The number of hydrogen-bond acceptors (Lipinski definition) is 2. The lowest BCUT2D eigenvalue weighted by Gasteiger charge is -1.91. The quantitative estimate of drug-likeness (QED) is 0.580. The van der Waals surface area contributed by atoms with Crippen LogP contribution in [0.4, 0.5) is 0 Å². The molecule has 0 bridgehead atoms. The molecule has 2 heteroatoms. The Morgan fingerprint density at radius 3 is 3.22 bits per heavy atom. The summed E-state index contributed by atoms with van der Waals surface area (Å²) in [4.78, 5) is 4.98. The van der Waals surface area contributed by atoms with Crippen molar-refractivity contribution >= 4 is 11.8 Å². The van der Waals surface area contributed by atoms with Gasteiger partial charge >= 0.3 is 0 Å². The van der Waals surface area contributed by atoms with Crippen molar-refractivity contribution in [2.24, 2.45) is 0 Å². The summed E-state index contributed by atoms with van der Waals surface area (Å²) in [7, 11) is 0. The van der Waals surface area contributed by atoms with Crippen molar-refractivity contribution < 1.29 is 0 Å². The van der Waals surface area contributed by atoms with Gasteiger partial charge < -0.3 is 0 Å². The van der Waals surface area contributed by atoms with Gasteiger partial charge in [0.15, 0.2) is 0 Å². The molecule has 0 aromatic carbocycles. The van der Waals surface area contributed by atoms with Gasteiger partial charge in [0, 0.05) is 11.1 Å². The minimum absolute atomic E-state index is 1.09. The number of rotatable bonds is 2. The molecule has 1 nitrogen and oxygen atoms in total. The zero-order chi connectivity index (χ0) is 6.53. The highest BCUT2D eigenvalue weighted by atomic mass is 32.2. The third-order valence-electron chi connectivity index (χ3n) is 0.883. The number of thioether (sulfide) groups is 1. The second kappa shape index (κ2) is 3.51. The molecule has 1 aromatic rings. The summed E-state index contributed by atoms with van der Waals surface area (Å²) in [5, 5.41) is 0. The van der Waals surface area contributed by atoms with Gasteiger partial charge in [-0.25, -0.2) is 0 Å². The summed E-state index contributed by atoms with van der Waals surface area (Å²) in [6, 6.07) is 3.94. The average Bonchev–Trinajstić information content (AvgIpc) is 1.91. The van der Waals surface area contributed by atoms with E-state index < -0.39 is 0 Å². The van der Waals surface area contributed by atoms with Crippen molar-refractivity contribution in [2.75, 3.05) is 5.75 Å². The summed E-state index contributed by atoms with van der Waals surface area (Å²) in [5.74, 6) is 1.09. The van der Waals surface area contributed by atoms with E-state index in [0.29, 0.717) is 0 Å². The summed E-state index contributed by atoms with van der Waals surface area (Å²) in [6.07, 6.45) is 4.62. The molecule has 0 unspecified atom stereocenters. The molecule has 0 spiro atoms. The molecule has 0 atom stereocenters. The van der Waals surface area contributed by atoms with E-state index in [9.17, 15) is 0 Å². The van der Waals surface area contributed by atoms with Gasteiger partial charge in [0.05, 0.1) is 0 Å². The molecular weight excluding hydrogens is 130 g/mol. The maximum atomic E-state index is 3.86. The van der Waals surface area contributed by atoms with Gasteiger partial charge in [-0.05, 0) is 17.9 Å². The van der Waals surface area contributed by atoms with Crippen molar-refractivity contribution in [2.45, 2.75) is 11.8 Å². The lowest BCUT2D eigenvalue weighted by Crippen LogP contribution is -1.73. The van der Waals surface area contributed by atoms with Crippen molar-refractivity contribution in [1.82, 2.24) is 4.98 Å². The largest absolute Gasteiger partial charge is 0.253 e. The lowest BCUT2D eigenvalue weighted by atomic mass is 10.5. The van der Waals surface area contributed by atoms with Gasteiger partial charge in [-0.1, -0.05) is 6.92 Å². The summed E-state index contributed by atoms with van der Waals surface area (Å²) >= 11 is 1.76. The van der Waals surface area contributed by atoms with Crippen LogP contribution in [0.25, 0.3) is 0 Å². The monoisotopic (exact) mass is 138 g/mol. The fraction of sp³-hybridized carbons (Fsp3) is 0.286. The fourth-order valence-electron chi connectivity index (χ4n) is 0.548. The first-order valence-corrected chi connectivity index (χ1v) is 3.87.